The Balaban J connectivity index is 1.41. The minimum Gasteiger partial charge on any atom is -0.335 e. The molecule has 3 rings (SSSR count). The maximum absolute atomic E-state index is 12.0. The van der Waals surface area contributed by atoms with Gasteiger partial charge in [0.15, 0.2) is 0 Å². The number of hydrogen-bond donors (Lipinski definition) is 2. The predicted octanol–water partition coefficient (Wildman–Crippen LogP) is 3.37. The molecule has 23 heavy (non-hydrogen) atoms. The predicted molar refractivity (Wildman–Crippen MR) is 90.0 cm³/mol. The van der Waals surface area contributed by atoms with Crippen molar-refractivity contribution in [2.24, 2.45) is 11.8 Å². The third-order valence-corrected chi connectivity index (χ3v) is 5.09. The average Bonchev–Trinajstić information content (AvgIpc) is 3.33. The zero-order valence-corrected chi connectivity index (χ0v) is 14.2. The minimum absolute atomic E-state index is 0.0713. The largest absolute Gasteiger partial charge is 0.335 e. The molecule has 2 atom stereocenters. The first-order valence-electron chi connectivity index (χ1n) is 8.99. The molecule has 0 bridgehead atoms. The molecule has 5 nitrogen and oxygen atoms in total. The summed E-state index contributed by atoms with van der Waals surface area (Å²) in [5.41, 5.74) is 0.860. The molecule has 0 spiro atoms. The van der Waals surface area contributed by atoms with Gasteiger partial charge in [-0.2, -0.15) is 0 Å². The Labute approximate surface area is 138 Å². The second-order valence-electron chi connectivity index (χ2n) is 7.29. The maximum Gasteiger partial charge on any atom is 0.315 e. The van der Waals surface area contributed by atoms with Gasteiger partial charge < -0.3 is 10.6 Å². The molecule has 0 aromatic carbocycles. The number of amides is 2. The Bertz CT molecular complexity index is 540. The van der Waals surface area contributed by atoms with E-state index in [1.165, 1.54) is 32.1 Å². The van der Waals surface area contributed by atoms with Gasteiger partial charge in [-0.3, -0.25) is 0 Å². The molecule has 126 valence electrons. The number of nitrogens with zero attached hydrogens (tertiary/aromatic N) is 2. The molecule has 2 saturated carbocycles. The van der Waals surface area contributed by atoms with E-state index in [0.29, 0.717) is 24.4 Å². The van der Waals surface area contributed by atoms with E-state index in [4.69, 9.17) is 0 Å². The molecule has 1 heterocycles. The van der Waals surface area contributed by atoms with E-state index in [9.17, 15) is 4.79 Å². The molecular formula is C18H28N4O. The smallest absolute Gasteiger partial charge is 0.315 e. The SMILES string of the molecule is CC(C)c1nccc(CNC(=O)NC2CC2C2CCCCC2)n1. The van der Waals surface area contributed by atoms with Crippen LogP contribution in [0.4, 0.5) is 4.79 Å². The summed E-state index contributed by atoms with van der Waals surface area (Å²) in [6.07, 6.45) is 9.74. The summed E-state index contributed by atoms with van der Waals surface area (Å²) in [4.78, 5) is 20.8. The van der Waals surface area contributed by atoms with Crippen molar-refractivity contribution >= 4 is 6.03 Å². The lowest BCUT2D eigenvalue weighted by atomic mass is 9.85. The van der Waals surface area contributed by atoms with Crippen LogP contribution in [-0.2, 0) is 6.54 Å². The minimum atomic E-state index is -0.0713. The molecular weight excluding hydrogens is 288 g/mol. The molecule has 2 unspecified atom stereocenters. The van der Waals surface area contributed by atoms with Gasteiger partial charge in [-0.05, 0) is 24.3 Å². The van der Waals surface area contributed by atoms with Crippen molar-refractivity contribution < 1.29 is 4.79 Å². The lowest BCUT2D eigenvalue weighted by Crippen LogP contribution is -2.37. The van der Waals surface area contributed by atoms with E-state index in [1.807, 2.05) is 6.07 Å². The molecule has 0 radical (unpaired) electrons. The maximum atomic E-state index is 12.0. The highest BCUT2D eigenvalue weighted by Crippen LogP contribution is 2.44. The number of carbonyl (C=O) groups excluding carboxylic acids is 1. The summed E-state index contributed by atoms with van der Waals surface area (Å²) in [6, 6.07) is 2.17. The Kier molecular flexibility index (Phi) is 5.13. The fourth-order valence-corrected chi connectivity index (χ4v) is 3.64. The van der Waals surface area contributed by atoms with E-state index in [0.717, 1.165) is 23.9 Å². The highest BCUT2D eigenvalue weighted by Gasteiger charge is 2.43. The van der Waals surface area contributed by atoms with Gasteiger partial charge >= 0.3 is 6.03 Å². The van der Waals surface area contributed by atoms with Crippen LogP contribution in [0.2, 0.25) is 0 Å². The van der Waals surface area contributed by atoms with Gasteiger partial charge in [0, 0.05) is 18.2 Å². The topological polar surface area (TPSA) is 66.9 Å². The zero-order chi connectivity index (χ0) is 16.2. The summed E-state index contributed by atoms with van der Waals surface area (Å²) < 4.78 is 0. The van der Waals surface area contributed by atoms with Crippen LogP contribution in [0.1, 0.15) is 69.8 Å². The van der Waals surface area contributed by atoms with E-state index in [2.05, 4.69) is 34.4 Å². The molecule has 2 N–H and O–H groups in total. The van der Waals surface area contributed by atoms with Crippen LogP contribution in [-0.4, -0.2) is 22.0 Å². The molecule has 0 aliphatic heterocycles. The first-order chi connectivity index (χ1) is 11.1. The van der Waals surface area contributed by atoms with Crippen LogP contribution >= 0.6 is 0 Å². The molecule has 2 aliphatic carbocycles. The third-order valence-electron chi connectivity index (χ3n) is 5.09. The highest BCUT2D eigenvalue weighted by molar-refractivity contribution is 5.74. The number of aromatic nitrogens is 2. The number of hydrogen-bond acceptors (Lipinski definition) is 3. The van der Waals surface area contributed by atoms with Crippen molar-refractivity contribution in [1.82, 2.24) is 20.6 Å². The summed E-state index contributed by atoms with van der Waals surface area (Å²) in [6.45, 7) is 4.59. The Hall–Kier alpha value is -1.65. The normalized spacial score (nSPS) is 24.5. The Morgan fingerprint density at radius 1 is 1.30 bits per heavy atom. The quantitative estimate of drug-likeness (QED) is 0.875. The Morgan fingerprint density at radius 3 is 2.83 bits per heavy atom. The first kappa shape index (κ1) is 16.2. The van der Waals surface area contributed by atoms with Gasteiger partial charge in [-0.15, -0.1) is 0 Å². The van der Waals surface area contributed by atoms with Crippen molar-refractivity contribution in [3.05, 3.63) is 23.8 Å². The fourth-order valence-electron chi connectivity index (χ4n) is 3.64. The van der Waals surface area contributed by atoms with Crippen LogP contribution in [0, 0.1) is 11.8 Å². The van der Waals surface area contributed by atoms with Gasteiger partial charge in [0.25, 0.3) is 0 Å². The molecule has 1 aromatic heterocycles. The molecule has 5 heteroatoms. The van der Waals surface area contributed by atoms with Crippen LogP contribution in [0.3, 0.4) is 0 Å². The van der Waals surface area contributed by atoms with Gasteiger partial charge in [0.1, 0.15) is 5.82 Å². The lowest BCUT2D eigenvalue weighted by Gasteiger charge is -2.21. The van der Waals surface area contributed by atoms with E-state index >= 15 is 0 Å². The monoisotopic (exact) mass is 316 g/mol. The number of urea groups is 1. The molecule has 2 aliphatic rings. The molecule has 0 saturated heterocycles. The van der Waals surface area contributed by atoms with Crippen LogP contribution in [0.5, 0.6) is 0 Å². The molecule has 1 aromatic rings. The average molecular weight is 316 g/mol. The molecule has 2 fully saturated rings. The second-order valence-corrected chi connectivity index (χ2v) is 7.29. The van der Waals surface area contributed by atoms with Gasteiger partial charge in [-0.1, -0.05) is 46.0 Å². The highest BCUT2D eigenvalue weighted by atomic mass is 16.2. The first-order valence-corrected chi connectivity index (χ1v) is 8.99. The van der Waals surface area contributed by atoms with Crippen molar-refractivity contribution in [2.75, 3.05) is 0 Å². The van der Waals surface area contributed by atoms with Gasteiger partial charge in [-0.25, -0.2) is 14.8 Å². The van der Waals surface area contributed by atoms with E-state index in [-0.39, 0.29) is 6.03 Å². The number of carbonyl (C=O) groups is 1. The second kappa shape index (κ2) is 7.28. The number of rotatable bonds is 5. The van der Waals surface area contributed by atoms with Crippen molar-refractivity contribution in [3.8, 4) is 0 Å². The zero-order valence-electron chi connectivity index (χ0n) is 14.2. The lowest BCUT2D eigenvalue weighted by molar-refractivity contribution is 0.237. The van der Waals surface area contributed by atoms with Crippen molar-refractivity contribution in [3.63, 3.8) is 0 Å². The van der Waals surface area contributed by atoms with Crippen LogP contribution in [0.15, 0.2) is 12.3 Å². The number of nitrogens with one attached hydrogen (secondary N) is 2. The summed E-state index contributed by atoms with van der Waals surface area (Å²) in [7, 11) is 0. The fraction of sp³-hybridized carbons (Fsp3) is 0.722. The van der Waals surface area contributed by atoms with Gasteiger partial charge in [0.05, 0.1) is 12.2 Å². The third kappa shape index (κ3) is 4.43. The summed E-state index contributed by atoms with van der Waals surface area (Å²) in [5.74, 6) is 2.67. The van der Waals surface area contributed by atoms with Crippen LogP contribution in [0.25, 0.3) is 0 Å². The van der Waals surface area contributed by atoms with Crippen molar-refractivity contribution in [2.45, 2.75) is 70.9 Å². The Morgan fingerprint density at radius 2 is 2.09 bits per heavy atom. The van der Waals surface area contributed by atoms with Crippen molar-refractivity contribution in [1.29, 1.82) is 0 Å². The van der Waals surface area contributed by atoms with E-state index < -0.39 is 0 Å². The van der Waals surface area contributed by atoms with Gasteiger partial charge in [0.2, 0.25) is 0 Å². The summed E-state index contributed by atoms with van der Waals surface area (Å²) in [5, 5.41) is 6.04. The van der Waals surface area contributed by atoms with Crippen LogP contribution < -0.4 is 10.6 Å². The molecule has 2 amide bonds. The van der Waals surface area contributed by atoms with E-state index in [1.54, 1.807) is 6.20 Å². The summed E-state index contributed by atoms with van der Waals surface area (Å²) >= 11 is 0. The standard InChI is InChI=1S/C18H28N4O/c1-12(2)17-19-9-8-14(21-17)11-20-18(23)22-16-10-15(16)13-6-4-3-5-7-13/h8-9,12-13,15-16H,3-7,10-11H2,1-2H3,(H2,20,22,23).